The monoisotopic (exact) mass is 283 g/mol. The number of halogens is 2. The number of alkyl halides is 2. The lowest BCUT2D eigenvalue weighted by molar-refractivity contribution is 0.0172. The number of hydrogen-bond acceptors (Lipinski definition) is 3. The smallest absolute Gasteiger partial charge is 0.270 e. The van der Waals surface area contributed by atoms with E-state index in [-0.39, 0.29) is 12.4 Å². The van der Waals surface area contributed by atoms with Gasteiger partial charge in [0.1, 0.15) is 0 Å². The van der Waals surface area contributed by atoms with Gasteiger partial charge in [0.25, 0.3) is 5.92 Å². The molecule has 1 atom stereocenters. The first-order valence-corrected chi connectivity index (χ1v) is 7.08. The summed E-state index contributed by atoms with van der Waals surface area (Å²) in [6.45, 7) is 2.01. The van der Waals surface area contributed by atoms with Crippen molar-refractivity contribution in [3.63, 3.8) is 0 Å². The van der Waals surface area contributed by atoms with Crippen LogP contribution >= 0.6 is 0 Å². The predicted molar refractivity (Wildman–Crippen MR) is 71.5 cm³/mol. The van der Waals surface area contributed by atoms with E-state index in [1.54, 1.807) is 6.07 Å². The Morgan fingerprint density at radius 2 is 2.15 bits per heavy atom. The topological polar surface area (TPSA) is 30.5 Å². The Morgan fingerprint density at radius 3 is 2.85 bits per heavy atom. The molecule has 2 aliphatic rings. The molecule has 0 aliphatic carbocycles. The standard InChI is InChI=1S/C15H19F2NO2/c1-15(16,17)11-6-10(7-12-4-2-3-5-18-12)14-13(8-11)19-9-20-14/h6,8,12,18H,2-5,7,9H2,1H3. The van der Waals surface area contributed by atoms with Crippen LogP contribution in [0, 0.1) is 0 Å². The van der Waals surface area contributed by atoms with Crippen molar-refractivity contribution < 1.29 is 18.3 Å². The number of fused-ring (bicyclic) bond motifs is 1. The third kappa shape index (κ3) is 2.73. The predicted octanol–water partition coefficient (Wildman–Crippen LogP) is 3.21. The zero-order valence-electron chi connectivity index (χ0n) is 11.5. The number of rotatable bonds is 3. The first-order chi connectivity index (χ1) is 9.54. The van der Waals surface area contributed by atoms with Gasteiger partial charge in [-0.1, -0.05) is 6.42 Å². The second kappa shape index (κ2) is 5.20. The van der Waals surface area contributed by atoms with Crippen molar-refractivity contribution in [2.24, 2.45) is 0 Å². The Labute approximate surface area is 117 Å². The quantitative estimate of drug-likeness (QED) is 0.924. The van der Waals surface area contributed by atoms with E-state index in [0.717, 1.165) is 25.5 Å². The Kier molecular flexibility index (Phi) is 3.54. The molecule has 1 N–H and O–H groups in total. The number of benzene rings is 1. The van der Waals surface area contributed by atoms with Crippen molar-refractivity contribution in [2.75, 3.05) is 13.3 Å². The normalized spacial score (nSPS) is 22.1. The van der Waals surface area contributed by atoms with Crippen molar-refractivity contribution >= 4 is 0 Å². The molecule has 2 heterocycles. The third-order valence-electron chi connectivity index (χ3n) is 3.94. The van der Waals surface area contributed by atoms with Crippen LogP contribution < -0.4 is 14.8 Å². The molecule has 110 valence electrons. The van der Waals surface area contributed by atoms with Gasteiger partial charge in [0.05, 0.1) is 0 Å². The summed E-state index contributed by atoms with van der Waals surface area (Å²) in [4.78, 5) is 0. The van der Waals surface area contributed by atoms with Gasteiger partial charge in [-0.25, -0.2) is 8.78 Å². The van der Waals surface area contributed by atoms with Crippen LogP contribution in [0.4, 0.5) is 8.78 Å². The van der Waals surface area contributed by atoms with Crippen LogP contribution in [0.2, 0.25) is 0 Å². The van der Waals surface area contributed by atoms with Crippen molar-refractivity contribution in [1.29, 1.82) is 0 Å². The molecule has 0 amide bonds. The van der Waals surface area contributed by atoms with Crippen molar-refractivity contribution in [3.8, 4) is 11.5 Å². The minimum Gasteiger partial charge on any atom is -0.454 e. The van der Waals surface area contributed by atoms with E-state index in [4.69, 9.17) is 9.47 Å². The van der Waals surface area contributed by atoms with Crippen molar-refractivity contribution in [2.45, 2.75) is 44.6 Å². The zero-order valence-corrected chi connectivity index (χ0v) is 11.5. The van der Waals surface area contributed by atoms with Crippen LogP contribution in [0.3, 0.4) is 0 Å². The average molecular weight is 283 g/mol. The van der Waals surface area contributed by atoms with Crippen LogP contribution in [-0.4, -0.2) is 19.4 Å². The van der Waals surface area contributed by atoms with Crippen LogP contribution in [0.5, 0.6) is 11.5 Å². The largest absolute Gasteiger partial charge is 0.454 e. The Balaban J connectivity index is 1.90. The fourth-order valence-electron chi connectivity index (χ4n) is 2.85. The molecule has 1 fully saturated rings. The fourth-order valence-corrected chi connectivity index (χ4v) is 2.85. The van der Waals surface area contributed by atoms with Crippen molar-refractivity contribution in [1.82, 2.24) is 5.32 Å². The van der Waals surface area contributed by atoms with E-state index in [1.807, 2.05) is 0 Å². The van der Waals surface area contributed by atoms with E-state index in [1.165, 1.54) is 18.9 Å². The molecule has 0 spiro atoms. The molecule has 2 aliphatic heterocycles. The molecule has 3 rings (SSSR count). The minimum absolute atomic E-state index is 0.00689. The van der Waals surface area contributed by atoms with Crippen LogP contribution in [0.25, 0.3) is 0 Å². The summed E-state index contributed by atoms with van der Waals surface area (Å²) in [6.07, 6.45) is 4.14. The first kappa shape index (κ1) is 13.6. The fraction of sp³-hybridized carbons (Fsp3) is 0.600. The maximum atomic E-state index is 13.6. The van der Waals surface area contributed by atoms with Gasteiger partial charge in [-0.15, -0.1) is 0 Å². The molecule has 1 unspecified atom stereocenters. The lowest BCUT2D eigenvalue weighted by atomic mass is 9.95. The number of ether oxygens (including phenoxy) is 2. The SMILES string of the molecule is CC(F)(F)c1cc(CC2CCCCN2)c2c(c1)OCO2. The lowest BCUT2D eigenvalue weighted by Gasteiger charge is -2.24. The van der Waals surface area contributed by atoms with Crippen molar-refractivity contribution in [3.05, 3.63) is 23.3 Å². The molecule has 1 saturated heterocycles. The second-order valence-corrected chi connectivity index (χ2v) is 5.61. The van der Waals surface area contributed by atoms with E-state index in [0.29, 0.717) is 24.0 Å². The molecule has 0 bridgehead atoms. The number of nitrogens with one attached hydrogen (secondary N) is 1. The van der Waals surface area contributed by atoms with E-state index in [9.17, 15) is 8.78 Å². The van der Waals surface area contributed by atoms with Crippen LogP contribution in [-0.2, 0) is 12.3 Å². The van der Waals surface area contributed by atoms with Crippen LogP contribution in [0.15, 0.2) is 12.1 Å². The maximum absolute atomic E-state index is 13.6. The summed E-state index contributed by atoms with van der Waals surface area (Å²) in [6, 6.07) is 3.28. The molecule has 0 saturated carbocycles. The average Bonchev–Trinajstić information content (AvgIpc) is 2.87. The highest BCUT2D eigenvalue weighted by atomic mass is 19.3. The van der Waals surface area contributed by atoms with Gasteiger partial charge in [-0.2, -0.15) is 0 Å². The summed E-state index contributed by atoms with van der Waals surface area (Å²) in [7, 11) is 0. The van der Waals surface area contributed by atoms with Crippen LogP contribution in [0.1, 0.15) is 37.3 Å². The zero-order chi connectivity index (χ0) is 14.2. The van der Waals surface area contributed by atoms with Gasteiger partial charge in [-0.3, -0.25) is 0 Å². The highest BCUT2D eigenvalue weighted by Crippen LogP contribution is 2.41. The Morgan fingerprint density at radius 1 is 1.30 bits per heavy atom. The molecule has 3 nitrogen and oxygen atoms in total. The molecule has 5 heteroatoms. The first-order valence-electron chi connectivity index (χ1n) is 7.08. The highest BCUT2D eigenvalue weighted by Gasteiger charge is 2.30. The van der Waals surface area contributed by atoms with Gasteiger partial charge in [-0.05, 0) is 37.9 Å². The summed E-state index contributed by atoms with van der Waals surface area (Å²) in [5.41, 5.74) is 0.809. The van der Waals surface area contributed by atoms with Gasteiger partial charge < -0.3 is 14.8 Å². The van der Waals surface area contributed by atoms with Gasteiger partial charge in [0, 0.05) is 24.1 Å². The number of hydrogen-bond donors (Lipinski definition) is 1. The highest BCUT2D eigenvalue weighted by molar-refractivity contribution is 5.52. The van der Waals surface area contributed by atoms with Gasteiger partial charge in [0.2, 0.25) is 6.79 Å². The summed E-state index contributed by atoms with van der Waals surface area (Å²) < 4.78 is 37.9. The van der Waals surface area contributed by atoms with Gasteiger partial charge >= 0.3 is 0 Å². The molecule has 1 aromatic rings. The van der Waals surface area contributed by atoms with E-state index < -0.39 is 5.92 Å². The lowest BCUT2D eigenvalue weighted by Crippen LogP contribution is -2.35. The molecular weight excluding hydrogens is 264 g/mol. The van der Waals surface area contributed by atoms with Gasteiger partial charge in [0.15, 0.2) is 11.5 Å². The molecular formula is C15H19F2NO2. The second-order valence-electron chi connectivity index (χ2n) is 5.61. The Bertz CT molecular complexity index is 493. The Hall–Kier alpha value is -1.36. The third-order valence-corrected chi connectivity index (χ3v) is 3.94. The number of piperidine rings is 1. The summed E-state index contributed by atoms with van der Waals surface area (Å²) >= 11 is 0. The minimum atomic E-state index is -2.87. The molecule has 20 heavy (non-hydrogen) atoms. The summed E-state index contributed by atoms with van der Waals surface area (Å²) in [5, 5.41) is 3.43. The summed E-state index contributed by atoms with van der Waals surface area (Å²) in [5.74, 6) is -1.80. The van der Waals surface area contributed by atoms with E-state index in [2.05, 4.69) is 5.32 Å². The molecule has 0 aromatic heterocycles. The maximum Gasteiger partial charge on any atom is 0.270 e. The molecule has 0 radical (unpaired) electrons. The van der Waals surface area contributed by atoms with E-state index >= 15 is 0 Å². The molecule has 1 aromatic carbocycles.